The van der Waals surface area contributed by atoms with Crippen molar-refractivity contribution in [2.24, 2.45) is 4.99 Å². The molecule has 5 nitrogen and oxygen atoms in total. The average molecular weight is 487 g/mol. The van der Waals surface area contributed by atoms with Crippen LogP contribution in [0.25, 0.3) is 6.08 Å². The smallest absolute Gasteiger partial charge is 0.267 e. The Balaban J connectivity index is 1.73. The molecular weight excluding hydrogens is 464 g/mol. The second-order valence-electron chi connectivity index (χ2n) is 7.18. The van der Waals surface area contributed by atoms with Crippen LogP contribution >= 0.6 is 27.7 Å². The van der Waals surface area contributed by atoms with Crippen LogP contribution in [-0.2, 0) is 4.79 Å². The van der Waals surface area contributed by atoms with Crippen LogP contribution in [-0.4, -0.2) is 36.2 Å². The topological polar surface area (TPSA) is 51.1 Å². The van der Waals surface area contributed by atoms with E-state index in [0.717, 1.165) is 46.6 Å². The molecule has 2 aromatic carbocycles. The molecule has 1 aliphatic carbocycles. The number of halogens is 1. The van der Waals surface area contributed by atoms with Crippen molar-refractivity contribution < 1.29 is 14.3 Å². The fourth-order valence-corrected chi connectivity index (χ4v) is 5.37. The number of rotatable bonds is 5. The highest BCUT2D eigenvalue weighted by Gasteiger charge is 2.39. The Kier molecular flexibility index (Phi) is 6.49. The van der Waals surface area contributed by atoms with Crippen molar-refractivity contribution in [1.29, 1.82) is 0 Å². The van der Waals surface area contributed by atoms with Crippen molar-refractivity contribution in [2.45, 2.75) is 31.7 Å². The molecule has 2 fully saturated rings. The van der Waals surface area contributed by atoms with Gasteiger partial charge in [-0.2, -0.15) is 0 Å². The van der Waals surface area contributed by atoms with Crippen LogP contribution in [0.15, 0.2) is 56.8 Å². The van der Waals surface area contributed by atoms with E-state index < -0.39 is 0 Å². The fourth-order valence-electron chi connectivity index (χ4n) is 3.80. The fraction of sp³-hybridized carbons (Fsp3) is 0.304. The first-order chi connectivity index (χ1) is 14.6. The molecule has 7 heteroatoms. The monoisotopic (exact) mass is 486 g/mol. The van der Waals surface area contributed by atoms with Crippen molar-refractivity contribution >= 4 is 50.5 Å². The molecule has 4 rings (SSSR count). The predicted molar refractivity (Wildman–Crippen MR) is 125 cm³/mol. The molecule has 0 spiro atoms. The molecule has 30 heavy (non-hydrogen) atoms. The van der Waals surface area contributed by atoms with Crippen LogP contribution in [0.4, 0.5) is 5.69 Å². The van der Waals surface area contributed by atoms with E-state index in [-0.39, 0.29) is 11.9 Å². The Morgan fingerprint density at radius 3 is 2.47 bits per heavy atom. The van der Waals surface area contributed by atoms with Crippen molar-refractivity contribution in [1.82, 2.24) is 4.90 Å². The molecule has 156 valence electrons. The lowest BCUT2D eigenvalue weighted by Crippen LogP contribution is -2.37. The Morgan fingerprint density at radius 1 is 1.10 bits per heavy atom. The number of methoxy groups -OCH3 is 2. The van der Waals surface area contributed by atoms with Gasteiger partial charge in [-0.1, -0.05) is 31.0 Å². The van der Waals surface area contributed by atoms with Crippen LogP contribution in [0.3, 0.4) is 0 Å². The second-order valence-corrected chi connectivity index (χ2v) is 9.05. The summed E-state index contributed by atoms with van der Waals surface area (Å²) in [4.78, 5) is 20.7. The third kappa shape index (κ3) is 4.27. The van der Waals surface area contributed by atoms with Gasteiger partial charge in [-0.25, -0.2) is 4.99 Å². The van der Waals surface area contributed by atoms with E-state index >= 15 is 0 Å². The van der Waals surface area contributed by atoms with Gasteiger partial charge in [-0.3, -0.25) is 9.69 Å². The van der Waals surface area contributed by atoms with Crippen LogP contribution in [0.2, 0.25) is 0 Å². The molecule has 2 aromatic rings. The van der Waals surface area contributed by atoms with Crippen molar-refractivity contribution in [3.8, 4) is 11.5 Å². The standard InChI is InChI=1S/C23H23BrN2O3S/c1-28-19-14-20(29-2)18(24)12-15(19)13-21-22(27)26(17-10-6-7-11-17)23(30-21)25-16-8-4-3-5-9-16/h3-5,8-9,12-14,17H,6-7,10-11H2,1-2H3/b21-13+,25-23?. The number of para-hydroxylation sites is 1. The average Bonchev–Trinajstić information content (AvgIpc) is 3.37. The summed E-state index contributed by atoms with van der Waals surface area (Å²) in [6.07, 6.45) is 6.22. The van der Waals surface area contributed by atoms with Gasteiger partial charge in [0.2, 0.25) is 0 Å². The molecule has 1 amide bonds. The Labute approximate surface area is 189 Å². The van der Waals surface area contributed by atoms with Gasteiger partial charge < -0.3 is 9.47 Å². The van der Waals surface area contributed by atoms with Crippen LogP contribution in [0, 0.1) is 0 Å². The van der Waals surface area contributed by atoms with Gasteiger partial charge >= 0.3 is 0 Å². The minimum atomic E-state index is 0.00979. The lowest BCUT2D eigenvalue weighted by molar-refractivity contribution is -0.123. The maximum Gasteiger partial charge on any atom is 0.267 e. The zero-order valence-corrected chi connectivity index (χ0v) is 19.3. The second kappa shape index (κ2) is 9.27. The van der Waals surface area contributed by atoms with Crippen LogP contribution in [0.5, 0.6) is 11.5 Å². The van der Waals surface area contributed by atoms with Gasteiger partial charge in [0.1, 0.15) is 11.5 Å². The summed E-state index contributed by atoms with van der Waals surface area (Å²) in [6, 6.07) is 13.7. The summed E-state index contributed by atoms with van der Waals surface area (Å²) >= 11 is 4.95. The quantitative estimate of drug-likeness (QED) is 0.485. The van der Waals surface area contributed by atoms with Gasteiger partial charge in [0.05, 0.1) is 29.3 Å². The highest BCUT2D eigenvalue weighted by Crippen LogP contribution is 2.41. The summed E-state index contributed by atoms with van der Waals surface area (Å²) in [7, 11) is 3.22. The Morgan fingerprint density at radius 2 is 1.80 bits per heavy atom. The number of hydrogen-bond acceptors (Lipinski definition) is 5. The Hall–Kier alpha value is -2.25. The minimum Gasteiger partial charge on any atom is -0.496 e. The lowest BCUT2D eigenvalue weighted by Gasteiger charge is -2.22. The number of amidine groups is 1. The molecular formula is C23H23BrN2O3S. The van der Waals surface area contributed by atoms with Crippen molar-refractivity contribution in [3.63, 3.8) is 0 Å². The van der Waals surface area contributed by atoms with E-state index in [4.69, 9.17) is 14.5 Å². The lowest BCUT2D eigenvalue weighted by atomic mass is 10.1. The molecule has 1 saturated heterocycles. The van der Waals surface area contributed by atoms with E-state index in [1.54, 1.807) is 14.2 Å². The van der Waals surface area contributed by atoms with Gasteiger partial charge in [0.15, 0.2) is 5.17 Å². The maximum absolute atomic E-state index is 13.4. The first-order valence-electron chi connectivity index (χ1n) is 9.89. The molecule has 2 aliphatic rings. The van der Waals surface area contributed by atoms with Crippen LogP contribution < -0.4 is 9.47 Å². The van der Waals surface area contributed by atoms with E-state index in [1.807, 2.05) is 53.4 Å². The normalized spacial score (nSPS) is 19.8. The summed E-state index contributed by atoms with van der Waals surface area (Å²) in [5, 5.41) is 0.746. The number of carbonyl (C=O) groups excluding carboxylic acids is 1. The number of carbonyl (C=O) groups is 1. The third-order valence-electron chi connectivity index (χ3n) is 5.30. The van der Waals surface area contributed by atoms with Crippen molar-refractivity contribution in [3.05, 3.63) is 57.4 Å². The molecule has 0 N–H and O–H groups in total. The SMILES string of the molecule is COc1cc(OC)c(/C=C2/SC(=Nc3ccccc3)N(C3CCCC3)C2=O)cc1Br. The van der Waals surface area contributed by atoms with Gasteiger partial charge in [-0.05, 0) is 64.8 Å². The van der Waals surface area contributed by atoms with Crippen LogP contribution in [0.1, 0.15) is 31.2 Å². The number of nitrogens with zero attached hydrogens (tertiary/aromatic N) is 2. The molecule has 0 radical (unpaired) electrons. The van der Waals surface area contributed by atoms with E-state index in [9.17, 15) is 4.79 Å². The zero-order chi connectivity index (χ0) is 21.1. The number of hydrogen-bond donors (Lipinski definition) is 0. The zero-order valence-electron chi connectivity index (χ0n) is 16.9. The molecule has 0 atom stereocenters. The van der Waals surface area contributed by atoms with E-state index in [1.165, 1.54) is 11.8 Å². The molecule has 1 saturated carbocycles. The predicted octanol–water partition coefficient (Wildman–Crippen LogP) is 6.01. The molecule has 1 heterocycles. The number of aliphatic imine (C=N–C) groups is 1. The molecule has 0 unspecified atom stereocenters. The van der Waals surface area contributed by atoms with Gasteiger partial charge in [-0.15, -0.1) is 0 Å². The number of ether oxygens (including phenoxy) is 2. The number of benzene rings is 2. The minimum absolute atomic E-state index is 0.00979. The maximum atomic E-state index is 13.4. The van der Waals surface area contributed by atoms with Crippen molar-refractivity contribution in [2.75, 3.05) is 14.2 Å². The van der Waals surface area contributed by atoms with Gasteiger partial charge in [0.25, 0.3) is 5.91 Å². The Bertz CT molecular complexity index is 1000. The van der Waals surface area contributed by atoms with Gasteiger partial charge in [0, 0.05) is 17.7 Å². The largest absolute Gasteiger partial charge is 0.496 e. The highest BCUT2D eigenvalue weighted by atomic mass is 79.9. The highest BCUT2D eigenvalue weighted by molar-refractivity contribution is 9.10. The summed E-state index contributed by atoms with van der Waals surface area (Å²) in [6.45, 7) is 0. The molecule has 0 bridgehead atoms. The third-order valence-corrected chi connectivity index (χ3v) is 6.90. The molecule has 1 aliphatic heterocycles. The summed E-state index contributed by atoms with van der Waals surface area (Å²) in [5.74, 6) is 1.34. The van der Waals surface area contributed by atoms with E-state index in [2.05, 4.69) is 15.9 Å². The van der Waals surface area contributed by atoms with E-state index in [0.29, 0.717) is 16.4 Å². The first-order valence-corrected chi connectivity index (χ1v) is 11.5. The number of amides is 1. The molecule has 0 aromatic heterocycles. The summed E-state index contributed by atoms with van der Waals surface area (Å²) in [5.41, 5.74) is 1.66. The number of thioether (sulfide) groups is 1. The summed E-state index contributed by atoms with van der Waals surface area (Å²) < 4.78 is 11.7. The first kappa shape index (κ1) is 21.0.